The van der Waals surface area contributed by atoms with Crippen LogP contribution in [0.4, 0.5) is 5.69 Å². The molecule has 41 heavy (non-hydrogen) atoms. The Morgan fingerprint density at radius 3 is 2.46 bits per heavy atom. The molecule has 0 aliphatic rings. The lowest BCUT2D eigenvalue weighted by molar-refractivity contribution is -0.131. The molecule has 2 aromatic carbocycles. The van der Waals surface area contributed by atoms with Crippen molar-refractivity contribution in [2.75, 3.05) is 11.9 Å². The van der Waals surface area contributed by atoms with Gasteiger partial charge in [0.1, 0.15) is 0 Å². The smallest absolute Gasteiger partial charge is 0.247 e. The normalized spacial score (nSPS) is 12.9. The first kappa shape index (κ1) is 32.0. The second-order valence-corrected chi connectivity index (χ2v) is 11.5. The van der Waals surface area contributed by atoms with Gasteiger partial charge < -0.3 is 27.8 Å². The molecule has 1 unspecified atom stereocenters. The van der Waals surface area contributed by atoms with E-state index in [-0.39, 0.29) is 24.0 Å². The van der Waals surface area contributed by atoms with E-state index in [0.717, 1.165) is 15.8 Å². The van der Waals surface area contributed by atoms with E-state index in [1.165, 1.54) is 6.08 Å². The fourth-order valence-corrected chi connectivity index (χ4v) is 4.52. The first-order chi connectivity index (χ1) is 19.5. The van der Waals surface area contributed by atoms with E-state index in [2.05, 4.69) is 20.6 Å². The van der Waals surface area contributed by atoms with Crippen molar-refractivity contribution in [2.45, 2.75) is 28.8 Å². The number of alkyl halides is 3. The molecule has 0 radical (unpaired) electrons. The Balaban J connectivity index is 1.93. The summed E-state index contributed by atoms with van der Waals surface area (Å²) in [7, 11) is 0. The molecule has 3 aromatic rings. The first-order valence-corrected chi connectivity index (χ1v) is 13.9. The lowest BCUT2D eigenvalue weighted by atomic mass is 10.1. The molecule has 3 rings (SSSR count). The zero-order valence-corrected chi connectivity index (χ0v) is 24.8. The number of fused-ring (bicyclic) bond motifs is 1. The Morgan fingerprint density at radius 1 is 1.07 bits per heavy atom. The summed E-state index contributed by atoms with van der Waals surface area (Å²) >= 11 is 24.6. The van der Waals surface area contributed by atoms with Gasteiger partial charge in [0.25, 0.3) is 0 Å². The summed E-state index contributed by atoms with van der Waals surface area (Å²) in [6.07, 6.45) is 3.47. The van der Waals surface area contributed by atoms with Crippen LogP contribution in [-0.4, -0.2) is 55.3 Å². The topological polar surface area (TPSA) is 165 Å². The lowest BCUT2D eigenvalue weighted by Gasteiger charge is -2.37. The summed E-state index contributed by atoms with van der Waals surface area (Å²) in [5.41, 5.74) is 18.8. The van der Waals surface area contributed by atoms with Crippen LogP contribution in [-0.2, 0) is 9.59 Å². The standard InChI is InChI=1S/C27H29Cl3N8O2S/c28-27(29,30)24(37-21(39)14-13-17-7-2-1-3-8-17)38(23(40)19(31)11-6-16-35-25(32)33)26(41)36-20-12-4-9-18-10-5-15-34-22(18)20/h1-5,7-10,12-15,19,24H,6,11,16,31H2,(H,36,41)(H,37,39)(H4,32,33,35)/b14-13+/t19-,24?/m0/s1. The largest absolute Gasteiger partial charge is 0.370 e. The van der Waals surface area contributed by atoms with Gasteiger partial charge in [-0.05, 0) is 48.8 Å². The van der Waals surface area contributed by atoms with E-state index in [4.69, 9.17) is 64.2 Å². The Kier molecular flexibility index (Phi) is 11.7. The van der Waals surface area contributed by atoms with Gasteiger partial charge in [0.05, 0.1) is 17.2 Å². The predicted octanol–water partition coefficient (Wildman–Crippen LogP) is 3.67. The van der Waals surface area contributed by atoms with Crippen molar-refractivity contribution in [3.63, 3.8) is 0 Å². The number of aromatic nitrogens is 1. The number of guanidine groups is 1. The fourth-order valence-electron chi connectivity index (χ4n) is 3.76. The summed E-state index contributed by atoms with van der Waals surface area (Å²) in [5.74, 6) is -1.42. The molecular formula is C27H29Cl3N8O2S. The van der Waals surface area contributed by atoms with Crippen molar-refractivity contribution < 1.29 is 9.59 Å². The van der Waals surface area contributed by atoms with Crippen LogP contribution in [0.1, 0.15) is 18.4 Å². The minimum atomic E-state index is -2.22. The highest BCUT2D eigenvalue weighted by Gasteiger charge is 2.43. The summed E-state index contributed by atoms with van der Waals surface area (Å²) in [5, 5.41) is 6.24. The number of benzene rings is 2. The highest BCUT2D eigenvalue weighted by Crippen LogP contribution is 2.33. The molecule has 0 fully saturated rings. The van der Waals surface area contributed by atoms with Gasteiger partial charge in [-0.3, -0.25) is 24.5 Å². The van der Waals surface area contributed by atoms with Crippen LogP contribution in [0, 0.1) is 0 Å². The second kappa shape index (κ2) is 14.9. The summed E-state index contributed by atoms with van der Waals surface area (Å²) in [4.78, 5) is 35.9. The number of halogens is 3. The molecule has 0 aliphatic heterocycles. The minimum absolute atomic E-state index is 0.0804. The number of carbonyl (C=O) groups excluding carboxylic acids is 2. The van der Waals surface area contributed by atoms with Crippen LogP contribution in [0.25, 0.3) is 17.0 Å². The molecule has 0 saturated heterocycles. The third-order valence-corrected chi connectivity index (χ3v) is 6.61. The van der Waals surface area contributed by atoms with E-state index in [1.54, 1.807) is 30.5 Å². The van der Waals surface area contributed by atoms with E-state index >= 15 is 0 Å². The van der Waals surface area contributed by atoms with Crippen molar-refractivity contribution in [1.29, 1.82) is 0 Å². The van der Waals surface area contributed by atoms with Crippen molar-refractivity contribution in [3.8, 4) is 0 Å². The van der Waals surface area contributed by atoms with Gasteiger partial charge in [-0.25, -0.2) is 0 Å². The van der Waals surface area contributed by atoms with Crippen LogP contribution < -0.4 is 27.8 Å². The number of para-hydroxylation sites is 1. The molecule has 8 N–H and O–H groups in total. The van der Waals surface area contributed by atoms with E-state index in [9.17, 15) is 9.59 Å². The number of hydrogen-bond donors (Lipinski definition) is 5. The van der Waals surface area contributed by atoms with Gasteiger partial charge in [0.15, 0.2) is 17.2 Å². The average Bonchev–Trinajstić information content (AvgIpc) is 2.93. The maximum atomic E-state index is 13.7. The number of nitrogens with zero attached hydrogens (tertiary/aromatic N) is 3. The maximum absolute atomic E-state index is 13.7. The molecule has 2 atom stereocenters. The van der Waals surface area contributed by atoms with Crippen molar-refractivity contribution >= 4 is 92.6 Å². The quantitative estimate of drug-likeness (QED) is 0.0428. The zero-order valence-electron chi connectivity index (χ0n) is 21.7. The number of carbonyl (C=O) groups is 2. The third kappa shape index (κ3) is 9.55. The fraction of sp³-hybridized carbons (Fsp3) is 0.222. The molecule has 1 aromatic heterocycles. The minimum Gasteiger partial charge on any atom is -0.370 e. The molecule has 14 heteroatoms. The Morgan fingerprint density at radius 2 is 1.78 bits per heavy atom. The van der Waals surface area contributed by atoms with Crippen LogP contribution in [0.2, 0.25) is 0 Å². The van der Waals surface area contributed by atoms with Gasteiger partial charge in [0.2, 0.25) is 15.6 Å². The van der Waals surface area contributed by atoms with Crippen LogP contribution in [0.15, 0.2) is 77.9 Å². The number of nitrogens with two attached hydrogens (primary N) is 3. The molecule has 10 nitrogen and oxygen atoms in total. The molecule has 2 amide bonds. The summed E-state index contributed by atoms with van der Waals surface area (Å²) in [6.45, 7) is 0.253. The van der Waals surface area contributed by atoms with E-state index in [1.807, 2.05) is 42.5 Å². The SMILES string of the molecule is NC(N)=NCCC[C@H](N)C(=O)N(C(=S)Nc1cccc2cccnc12)C(NC(=O)/C=C/c1ccccc1)C(Cl)(Cl)Cl. The van der Waals surface area contributed by atoms with E-state index in [0.29, 0.717) is 17.6 Å². The number of nitrogens with one attached hydrogen (secondary N) is 2. The van der Waals surface area contributed by atoms with Gasteiger partial charge in [-0.15, -0.1) is 0 Å². The number of amides is 2. The second-order valence-electron chi connectivity index (χ2n) is 8.77. The van der Waals surface area contributed by atoms with E-state index < -0.39 is 27.8 Å². The molecule has 0 spiro atoms. The molecule has 0 bridgehead atoms. The van der Waals surface area contributed by atoms with Crippen LogP contribution >= 0.6 is 47.0 Å². The molecule has 0 aliphatic carbocycles. The number of aliphatic imine (C=N–C) groups is 1. The molecule has 216 valence electrons. The number of anilines is 1. The summed E-state index contributed by atoms with van der Waals surface area (Å²) in [6, 6.07) is 17.1. The Bertz CT molecular complexity index is 1420. The van der Waals surface area contributed by atoms with Gasteiger partial charge in [-0.2, -0.15) is 0 Å². The molecular weight excluding hydrogens is 607 g/mol. The van der Waals surface area contributed by atoms with Crippen molar-refractivity contribution in [3.05, 3.63) is 78.5 Å². The van der Waals surface area contributed by atoms with Crippen molar-refractivity contribution in [1.82, 2.24) is 15.2 Å². The highest BCUT2D eigenvalue weighted by molar-refractivity contribution is 7.80. The van der Waals surface area contributed by atoms with Gasteiger partial charge in [0, 0.05) is 24.2 Å². The number of pyridine rings is 1. The Hall–Kier alpha value is -3.48. The molecule has 1 heterocycles. The lowest BCUT2D eigenvalue weighted by Crippen LogP contribution is -2.62. The number of thiocarbonyl (C=S) groups is 1. The number of hydrogen-bond acceptors (Lipinski definition) is 6. The highest BCUT2D eigenvalue weighted by atomic mass is 35.6. The van der Waals surface area contributed by atoms with Crippen LogP contribution in [0.3, 0.4) is 0 Å². The maximum Gasteiger partial charge on any atom is 0.247 e. The third-order valence-electron chi connectivity index (χ3n) is 5.69. The molecule has 0 saturated carbocycles. The first-order valence-electron chi connectivity index (χ1n) is 12.4. The average molecular weight is 636 g/mol. The van der Waals surface area contributed by atoms with Crippen molar-refractivity contribution in [2.24, 2.45) is 22.2 Å². The zero-order chi connectivity index (χ0) is 30.0. The summed E-state index contributed by atoms with van der Waals surface area (Å²) < 4.78 is -2.22. The van der Waals surface area contributed by atoms with Crippen LogP contribution in [0.5, 0.6) is 0 Å². The van der Waals surface area contributed by atoms with Gasteiger partial charge >= 0.3 is 0 Å². The number of rotatable bonds is 10. The Labute approximate surface area is 257 Å². The van der Waals surface area contributed by atoms with Gasteiger partial charge in [-0.1, -0.05) is 83.3 Å². The predicted molar refractivity (Wildman–Crippen MR) is 170 cm³/mol. The monoisotopic (exact) mass is 634 g/mol.